The molecule has 0 spiro atoms. The zero-order chi connectivity index (χ0) is 32.0. The first-order valence-corrected chi connectivity index (χ1v) is 17.1. The SMILES string of the molecule is COc1ccc(S(=O)(=O)N2Cc3ccccc3CC2COCC(=O)NCC2CCC(C(c3cccc(F)c3)N(C)C)CC2)cc1. The molecule has 3 aromatic rings. The summed E-state index contributed by atoms with van der Waals surface area (Å²) in [6.07, 6.45) is 4.51. The van der Waals surface area contributed by atoms with E-state index in [-0.39, 0.29) is 42.4 Å². The molecule has 1 aliphatic heterocycles. The van der Waals surface area contributed by atoms with E-state index in [0.29, 0.717) is 30.6 Å². The van der Waals surface area contributed by atoms with Gasteiger partial charge < -0.3 is 19.7 Å². The highest BCUT2D eigenvalue weighted by molar-refractivity contribution is 7.89. The van der Waals surface area contributed by atoms with Crippen LogP contribution in [0.5, 0.6) is 5.75 Å². The minimum Gasteiger partial charge on any atom is -0.497 e. The number of benzene rings is 3. The van der Waals surface area contributed by atoms with Crippen LogP contribution in [0.4, 0.5) is 4.39 Å². The first kappa shape index (κ1) is 33.1. The summed E-state index contributed by atoms with van der Waals surface area (Å²) < 4.78 is 53.9. The fourth-order valence-electron chi connectivity index (χ4n) is 6.86. The Morgan fingerprint density at radius 1 is 1.00 bits per heavy atom. The van der Waals surface area contributed by atoms with Gasteiger partial charge in [0.1, 0.15) is 18.2 Å². The van der Waals surface area contributed by atoms with Crippen molar-refractivity contribution in [2.75, 3.05) is 41.0 Å². The lowest BCUT2D eigenvalue weighted by Gasteiger charge is -2.37. The van der Waals surface area contributed by atoms with Crippen LogP contribution in [0.25, 0.3) is 0 Å². The fourth-order valence-corrected chi connectivity index (χ4v) is 8.45. The Bertz CT molecular complexity index is 1540. The lowest BCUT2D eigenvalue weighted by Crippen LogP contribution is -2.47. The molecule has 2 atom stereocenters. The summed E-state index contributed by atoms with van der Waals surface area (Å²) in [5, 5.41) is 3.02. The number of halogens is 1. The molecule has 3 aromatic carbocycles. The van der Waals surface area contributed by atoms with E-state index >= 15 is 0 Å². The smallest absolute Gasteiger partial charge is 0.246 e. The Hall–Kier alpha value is -3.31. The number of nitrogens with zero attached hydrogens (tertiary/aromatic N) is 2. The van der Waals surface area contributed by atoms with Gasteiger partial charge in [0.15, 0.2) is 0 Å². The molecule has 1 aliphatic carbocycles. The number of hydrogen-bond donors (Lipinski definition) is 1. The van der Waals surface area contributed by atoms with Crippen molar-refractivity contribution in [1.29, 1.82) is 0 Å². The van der Waals surface area contributed by atoms with Crippen LogP contribution in [-0.2, 0) is 32.5 Å². The van der Waals surface area contributed by atoms with Crippen LogP contribution in [-0.4, -0.2) is 70.5 Å². The van der Waals surface area contributed by atoms with Crippen LogP contribution in [0.15, 0.2) is 77.7 Å². The van der Waals surface area contributed by atoms with Gasteiger partial charge in [-0.15, -0.1) is 0 Å². The van der Waals surface area contributed by atoms with Crippen molar-refractivity contribution in [2.45, 2.75) is 55.6 Å². The largest absolute Gasteiger partial charge is 0.497 e. The standard InChI is InChI=1S/C35H44FN3O5S/c1-38(2)35(28-9-6-10-30(36)19-28)26-13-11-25(12-14-26)21-37-34(40)24-44-23-31-20-27-7-4-5-8-29(27)22-39(31)45(41,42)33-17-15-32(43-3)16-18-33/h4-10,15-19,25-26,31,35H,11-14,20-24H2,1-3H3,(H,37,40). The third-order valence-electron chi connectivity index (χ3n) is 9.19. The van der Waals surface area contributed by atoms with Crippen LogP contribution in [0.1, 0.15) is 48.4 Å². The number of hydrogen-bond acceptors (Lipinski definition) is 6. The molecule has 242 valence electrons. The first-order valence-electron chi connectivity index (χ1n) is 15.6. The van der Waals surface area contributed by atoms with E-state index in [1.807, 2.05) is 44.4 Å². The quantitative estimate of drug-likeness (QED) is 0.294. The molecule has 0 bridgehead atoms. The average Bonchev–Trinajstić information content (AvgIpc) is 3.04. The maximum atomic E-state index is 13.9. The van der Waals surface area contributed by atoms with Gasteiger partial charge in [0.2, 0.25) is 15.9 Å². The number of nitrogens with one attached hydrogen (secondary N) is 1. The van der Waals surface area contributed by atoms with Crippen LogP contribution in [0, 0.1) is 17.7 Å². The second-order valence-corrected chi connectivity index (χ2v) is 14.3. The summed E-state index contributed by atoms with van der Waals surface area (Å²) in [4.78, 5) is 15.1. The van der Waals surface area contributed by atoms with Crippen molar-refractivity contribution in [3.63, 3.8) is 0 Å². The second-order valence-electron chi connectivity index (χ2n) is 12.4. The highest BCUT2D eigenvalue weighted by Crippen LogP contribution is 2.39. The topological polar surface area (TPSA) is 88.2 Å². The Balaban J connectivity index is 1.12. The van der Waals surface area contributed by atoms with Gasteiger partial charge >= 0.3 is 0 Å². The van der Waals surface area contributed by atoms with E-state index in [1.165, 1.54) is 17.5 Å². The minimum absolute atomic E-state index is 0.105. The lowest BCUT2D eigenvalue weighted by molar-refractivity contribution is -0.126. The average molecular weight is 638 g/mol. The molecule has 1 fully saturated rings. The number of rotatable bonds is 12. The summed E-state index contributed by atoms with van der Waals surface area (Å²) in [5.74, 6) is 0.968. The van der Waals surface area contributed by atoms with Crippen LogP contribution < -0.4 is 10.1 Å². The van der Waals surface area contributed by atoms with E-state index in [9.17, 15) is 17.6 Å². The molecule has 1 N–H and O–H groups in total. The highest BCUT2D eigenvalue weighted by Gasteiger charge is 2.36. The number of fused-ring (bicyclic) bond motifs is 1. The molecule has 0 radical (unpaired) electrons. The number of sulfonamides is 1. The molecule has 5 rings (SSSR count). The van der Waals surface area contributed by atoms with E-state index in [2.05, 4.69) is 10.2 Å². The fraction of sp³-hybridized carbons (Fsp3) is 0.457. The summed E-state index contributed by atoms with van der Waals surface area (Å²) >= 11 is 0. The van der Waals surface area contributed by atoms with Gasteiger partial charge in [0.25, 0.3) is 0 Å². The Morgan fingerprint density at radius 2 is 1.71 bits per heavy atom. The van der Waals surface area contributed by atoms with Gasteiger partial charge in [-0.2, -0.15) is 4.31 Å². The monoisotopic (exact) mass is 637 g/mol. The third-order valence-corrected chi connectivity index (χ3v) is 11.1. The zero-order valence-corrected chi connectivity index (χ0v) is 27.1. The number of methoxy groups -OCH3 is 1. The number of amides is 1. The van der Waals surface area contributed by atoms with Crippen molar-refractivity contribution in [2.24, 2.45) is 11.8 Å². The number of carbonyl (C=O) groups is 1. The molecule has 8 nitrogen and oxygen atoms in total. The third kappa shape index (κ3) is 8.10. The predicted octanol–water partition coefficient (Wildman–Crippen LogP) is 5.19. The van der Waals surface area contributed by atoms with Gasteiger partial charge in [-0.05, 0) is 111 Å². The van der Waals surface area contributed by atoms with Crippen molar-refractivity contribution < 1.29 is 27.1 Å². The van der Waals surface area contributed by atoms with E-state index in [1.54, 1.807) is 36.4 Å². The highest BCUT2D eigenvalue weighted by atomic mass is 32.2. The number of carbonyl (C=O) groups excluding carboxylic acids is 1. The van der Waals surface area contributed by atoms with Crippen molar-refractivity contribution in [1.82, 2.24) is 14.5 Å². The summed E-state index contributed by atoms with van der Waals surface area (Å²) in [6, 6.07) is 20.8. The van der Waals surface area contributed by atoms with Crippen LogP contribution >= 0.6 is 0 Å². The van der Waals surface area contributed by atoms with Crippen LogP contribution in [0.3, 0.4) is 0 Å². The van der Waals surface area contributed by atoms with Gasteiger partial charge in [-0.3, -0.25) is 4.79 Å². The number of ether oxygens (including phenoxy) is 2. The Morgan fingerprint density at radius 3 is 2.38 bits per heavy atom. The minimum atomic E-state index is -3.81. The molecule has 10 heteroatoms. The predicted molar refractivity (Wildman–Crippen MR) is 172 cm³/mol. The van der Waals surface area contributed by atoms with Gasteiger partial charge in [-0.25, -0.2) is 12.8 Å². The summed E-state index contributed by atoms with van der Waals surface area (Å²) in [6.45, 7) is 0.790. The summed E-state index contributed by atoms with van der Waals surface area (Å²) in [5.41, 5.74) is 3.05. The first-order chi connectivity index (χ1) is 21.7. The molecule has 2 unspecified atom stereocenters. The van der Waals surface area contributed by atoms with E-state index < -0.39 is 16.1 Å². The molecule has 1 heterocycles. The zero-order valence-electron chi connectivity index (χ0n) is 26.3. The molecule has 0 aromatic heterocycles. The summed E-state index contributed by atoms with van der Waals surface area (Å²) in [7, 11) is 1.81. The van der Waals surface area contributed by atoms with Gasteiger partial charge in [0, 0.05) is 19.1 Å². The molecule has 1 saturated carbocycles. The normalized spacial score (nSPS) is 21.2. The van der Waals surface area contributed by atoms with Crippen LogP contribution in [0.2, 0.25) is 0 Å². The second kappa shape index (κ2) is 14.9. The van der Waals surface area contributed by atoms with Crippen molar-refractivity contribution in [3.8, 4) is 5.75 Å². The lowest BCUT2D eigenvalue weighted by atomic mass is 9.76. The Labute approximate surface area is 266 Å². The Kier molecular flexibility index (Phi) is 10.9. The molecule has 1 amide bonds. The molecule has 0 saturated heterocycles. The van der Waals surface area contributed by atoms with Crippen molar-refractivity contribution in [3.05, 3.63) is 95.3 Å². The molecular formula is C35H44FN3O5S. The molecule has 45 heavy (non-hydrogen) atoms. The van der Waals surface area contributed by atoms with Gasteiger partial charge in [-0.1, -0.05) is 36.4 Å². The van der Waals surface area contributed by atoms with Gasteiger partial charge in [0.05, 0.1) is 24.7 Å². The van der Waals surface area contributed by atoms with E-state index in [4.69, 9.17) is 9.47 Å². The molecule has 2 aliphatic rings. The maximum Gasteiger partial charge on any atom is 0.246 e. The van der Waals surface area contributed by atoms with Crippen molar-refractivity contribution >= 4 is 15.9 Å². The van der Waals surface area contributed by atoms with E-state index in [0.717, 1.165) is 42.4 Å². The molecular weight excluding hydrogens is 593 g/mol. The maximum absolute atomic E-state index is 13.9.